The van der Waals surface area contributed by atoms with Crippen LogP contribution in [0.5, 0.6) is 5.75 Å². The third-order valence-corrected chi connectivity index (χ3v) is 4.89. The zero-order valence-corrected chi connectivity index (χ0v) is 15.1. The first kappa shape index (κ1) is 17.2. The highest BCUT2D eigenvalue weighted by atomic mass is 32.1. The largest absolute Gasteiger partial charge is 0.494 e. The molecule has 1 nitrogen and oxygen atoms in total. The van der Waals surface area contributed by atoms with E-state index in [4.69, 9.17) is 4.74 Å². The zero-order chi connectivity index (χ0) is 16.6. The van der Waals surface area contributed by atoms with E-state index in [-0.39, 0.29) is 0 Å². The lowest BCUT2D eigenvalue weighted by Crippen LogP contribution is -1.97. The zero-order valence-electron chi connectivity index (χ0n) is 14.2. The second kappa shape index (κ2) is 8.98. The van der Waals surface area contributed by atoms with E-state index in [2.05, 4.69) is 67.2 Å². The average Bonchev–Trinajstić information content (AvgIpc) is 2.84. The minimum atomic E-state index is 0.795. The van der Waals surface area contributed by atoms with Crippen LogP contribution < -0.4 is 4.74 Å². The summed E-state index contributed by atoms with van der Waals surface area (Å²) in [6, 6.07) is 17.3. The van der Waals surface area contributed by atoms with Gasteiger partial charge in [0.15, 0.2) is 0 Å². The summed E-state index contributed by atoms with van der Waals surface area (Å²) in [5.74, 6) is 1.94. The Balaban J connectivity index is 1.64. The van der Waals surface area contributed by atoms with E-state index in [0.29, 0.717) is 0 Å². The number of allylic oxidation sites excluding steroid dienone is 1. The monoisotopic (exact) mass is 338 g/mol. The lowest BCUT2D eigenvalue weighted by molar-refractivity contribution is 0.306. The number of benzene rings is 2. The Labute approximate surface area is 151 Å². The first-order valence-electron chi connectivity index (χ1n) is 8.99. The Bertz CT molecular complexity index is 673. The average molecular weight is 339 g/mol. The van der Waals surface area contributed by atoms with Gasteiger partial charge in [-0.25, -0.2) is 0 Å². The van der Waals surface area contributed by atoms with Crippen LogP contribution in [0.3, 0.4) is 0 Å². The van der Waals surface area contributed by atoms with Gasteiger partial charge < -0.3 is 4.74 Å². The maximum atomic E-state index is 5.83. The maximum Gasteiger partial charge on any atom is 0.119 e. The number of unbranched alkanes of at least 4 members (excludes halogenated alkanes) is 2. The smallest absolute Gasteiger partial charge is 0.119 e. The fourth-order valence-electron chi connectivity index (χ4n) is 3.21. The van der Waals surface area contributed by atoms with Crippen LogP contribution in [0.4, 0.5) is 0 Å². The van der Waals surface area contributed by atoms with Crippen LogP contribution in [0.15, 0.2) is 48.5 Å². The molecule has 2 aromatic carbocycles. The summed E-state index contributed by atoms with van der Waals surface area (Å²) >= 11 is 4.23. The summed E-state index contributed by atoms with van der Waals surface area (Å²) in [6.45, 7) is 0.795. The van der Waals surface area contributed by atoms with E-state index in [1.807, 2.05) is 0 Å². The summed E-state index contributed by atoms with van der Waals surface area (Å²) in [7, 11) is 0. The second-order valence-electron chi connectivity index (χ2n) is 6.38. The molecular formula is C22H26OS. The van der Waals surface area contributed by atoms with Gasteiger partial charge in [0.2, 0.25) is 0 Å². The van der Waals surface area contributed by atoms with Gasteiger partial charge in [0.1, 0.15) is 5.75 Å². The Morgan fingerprint density at radius 2 is 1.71 bits per heavy atom. The summed E-state index contributed by atoms with van der Waals surface area (Å²) in [6.07, 6.45) is 9.34. The van der Waals surface area contributed by atoms with E-state index < -0.39 is 0 Å². The standard InChI is InChI=1S/C22H26OS/c24-16-5-1-4-15-23-22-13-11-19(12-14-22)21-10-6-9-18-7-2-3-8-20(18)17-21/h2-3,7-8,11-14,17,24H,1,4-6,9-10,15-16H2. The molecule has 126 valence electrons. The molecule has 0 amide bonds. The molecule has 0 fully saturated rings. The highest BCUT2D eigenvalue weighted by Gasteiger charge is 2.10. The lowest BCUT2D eigenvalue weighted by atomic mass is 10.0. The quantitative estimate of drug-likeness (QED) is 0.478. The fourth-order valence-corrected chi connectivity index (χ4v) is 3.43. The normalized spacial score (nSPS) is 13.8. The van der Waals surface area contributed by atoms with Crippen molar-refractivity contribution >= 4 is 24.3 Å². The molecule has 0 N–H and O–H groups in total. The highest BCUT2D eigenvalue weighted by molar-refractivity contribution is 7.80. The van der Waals surface area contributed by atoms with Crippen molar-refractivity contribution in [1.29, 1.82) is 0 Å². The molecule has 0 radical (unpaired) electrons. The molecular weight excluding hydrogens is 312 g/mol. The summed E-state index contributed by atoms with van der Waals surface area (Å²) in [4.78, 5) is 0. The molecule has 3 rings (SSSR count). The lowest BCUT2D eigenvalue weighted by Gasteiger charge is -2.09. The molecule has 2 aromatic rings. The number of hydrogen-bond donors (Lipinski definition) is 1. The molecule has 0 saturated carbocycles. The van der Waals surface area contributed by atoms with Crippen LogP contribution in [0, 0.1) is 0 Å². The van der Waals surface area contributed by atoms with Crippen molar-refractivity contribution in [3.8, 4) is 5.75 Å². The van der Waals surface area contributed by atoms with E-state index >= 15 is 0 Å². The summed E-state index contributed by atoms with van der Waals surface area (Å²) < 4.78 is 5.83. The Morgan fingerprint density at radius 1 is 0.875 bits per heavy atom. The van der Waals surface area contributed by atoms with Crippen LogP contribution in [0.25, 0.3) is 11.6 Å². The Morgan fingerprint density at radius 3 is 2.54 bits per heavy atom. The molecule has 24 heavy (non-hydrogen) atoms. The van der Waals surface area contributed by atoms with Crippen LogP contribution >= 0.6 is 12.6 Å². The van der Waals surface area contributed by atoms with Crippen molar-refractivity contribution in [2.24, 2.45) is 0 Å². The van der Waals surface area contributed by atoms with Crippen LogP contribution in [0.1, 0.15) is 48.8 Å². The summed E-state index contributed by atoms with van der Waals surface area (Å²) in [5.41, 5.74) is 5.58. The number of ether oxygens (including phenoxy) is 1. The van der Waals surface area contributed by atoms with Gasteiger partial charge >= 0.3 is 0 Å². The predicted molar refractivity (Wildman–Crippen MR) is 107 cm³/mol. The summed E-state index contributed by atoms with van der Waals surface area (Å²) in [5, 5.41) is 0. The first-order chi connectivity index (χ1) is 11.9. The van der Waals surface area contributed by atoms with E-state index in [1.54, 1.807) is 0 Å². The molecule has 0 aromatic heterocycles. The van der Waals surface area contributed by atoms with Gasteiger partial charge in [0.05, 0.1) is 6.61 Å². The van der Waals surface area contributed by atoms with Gasteiger partial charge in [-0.15, -0.1) is 0 Å². The van der Waals surface area contributed by atoms with Gasteiger partial charge in [-0.1, -0.05) is 42.5 Å². The van der Waals surface area contributed by atoms with Crippen LogP contribution in [-0.4, -0.2) is 12.4 Å². The molecule has 2 heteroatoms. The van der Waals surface area contributed by atoms with Crippen molar-refractivity contribution in [2.45, 2.75) is 38.5 Å². The van der Waals surface area contributed by atoms with Crippen LogP contribution in [-0.2, 0) is 6.42 Å². The topological polar surface area (TPSA) is 9.23 Å². The van der Waals surface area contributed by atoms with Crippen molar-refractivity contribution in [1.82, 2.24) is 0 Å². The molecule has 0 bridgehead atoms. The predicted octanol–water partition coefficient (Wildman–Crippen LogP) is 6.04. The molecule has 1 aliphatic carbocycles. The van der Waals surface area contributed by atoms with Gasteiger partial charge in [-0.2, -0.15) is 12.6 Å². The Hall–Kier alpha value is -1.67. The van der Waals surface area contributed by atoms with Crippen molar-refractivity contribution < 1.29 is 4.74 Å². The molecule has 0 aliphatic heterocycles. The van der Waals surface area contributed by atoms with Crippen LogP contribution in [0.2, 0.25) is 0 Å². The third-order valence-electron chi connectivity index (χ3n) is 4.57. The minimum absolute atomic E-state index is 0.795. The second-order valence-corrected chi connectivity index (χ2v) is 6.83. The van der Waals surface area contributed by atoms with Gasteiger partial charge in [0.25, 0.3) is 0 Å². The number of hydrogen-bond acceptors (Lipinski definition) is 2. The maximum absolute atomic E-state index is 5.83. The fraction of sp³-hybridized carbons (Fsp3) is 0.364. The van der Waals surface area contributed by atoms with Crippen molar-refractivity contribution in [3.05, 3.63) is 65.2 Å². The molecule has 0 unspecified atom stereocenters. The number of aryl methyl sites for hydroxylation is 1. The van der Waals surface area contributed by atoms with Gasteiger partial charge in [-0.05, 0) is 78.7 Å². The SMILES string of the molecule is SCCCCCOc1ccc(C2=Cc3ccccc3CCC2)cc1. The van der Waals surface area contributed by atoms with E-state index in [0.717, 1.165) is 31.0 Å². The Kier molecular flexibility index (Phi) is 6.42. The molecule has 0 spiro atoms. The first-order valence-corrected chi connectivity index (χ1v) is 9.62. The molecule has 1 aliphatic rings. The molecule has 0 heterocycles. The van der Waals surface area contributed by atoms with Crippen molar-refractivity contribution in [2.75, 3.05) is 12.4 Å². The number of rotatable bonds is 7. The minimum Gasteiger partial charge on any atom is -0.494 e. The highest BCUT2D eigenvalue weighted by Crippen LogP contribution is 2.30. The van der Waals surface area contributed by atoms with Crippen molar-refractivity contribution in [3.63, 3.8) is 0 Å². The van der Waals surface area contributed by atoms with E-state index in [1.165, 1.54) is 47.9 Å². The number of fused-ring (bicyclic) bond motifs is 1. The number of thiol groups is 1. The molecule has 0 atom stereocenters. The molecule has 0 saturated heterocycles. The van der Waals surface area contributed by atoms with Gasteiger partial charge in [-0.3, -0.25) is 0 Å². The van der Waals surface area contributed by atoms with E-state index in [9.17, 15) is 0 Å². The van der Waals surface area contributed by atoms with Gasteiger partial charge in [0, 0.05) is 0 Å². The third kappa shape index (κ3) is 4.67.